The number of nitrogens with one attached hydrogen (secondary N) is 1. The molecule has 0 radical (unpaired) electrons. The van der Waals surface area contributed by atoms with Crippen molar-refractivity contribution >= 4 is 28.0 Å². The normalized spacial score (nSPS) is 13.3. The van der Waals surface area contributed by atoms with E-state index in [1.807, 2.05) is 6.92 Å². The zero-order chi connectivity index (χ0) is 30.6. The third kappa shape index (κ3) is 10.7. The molecule has 0 aliphatic heterocycles. The van der Waals surface area contributed by atoms with Gasteiger partial charge >= 0.3 is 11.9 Å². The Balaban J connectivity index is 2.03. The number of esters is 2. The van der Waals surface area contributed by atoms with Crippen molar-refractivity contribution in [2.75, 3.05) is 20.3 Å². The van der Waals surface area contributed by atoms with Gasteiger partial charge < -0.3 is 19.5 Å². The van der Waals surface area contributed by atoms with Gasteiger partial charge in [0.2, 0.25) is 5.91 Å². The maximum atomic E-state index is 12.6. The molecule has 1 unspecified atom stereocenters. The van der Waals surface area contributed by atoms with E-state index in [0.717, 1.165) is 5.56 Å². The van der Waals surface area contributed by atoms with Crippen LogP contribution in [-0.4, -0.2) is 64.8 Å². The average molecular weight is 591 g/mol. The summed E-state index contributed by atoms with van der Waals surface area (Å²) in [5, 5.41) is 6.08. The Morgan fingerprint density at radius 3 is 2.20 bits per heavy atom. The van der Waals surface area contributed by atoms with Gasteiger partial charge in [-0.2, -0.15) is 8.42 Å². The molecule has 0 saturated carbocycles. The molecule has 2 aromatic rings. The van der Waals surface area contributed by atoms with Crippen LogP contribution >= 0.6 is 0 Å². The number of amides is 1. The van der Waals surface area contributed by atoms with Gasteiger partial charge in [0.25, 0.3) is 10.1 Å². The molecule has 0 spiro atoms. The first-order valence-corrected chi connectivity index (χ1v) is 14.0. The van der Waals surface area contributed by atoms with Crippen molar-refractivity contribution in [1.82, 2.24) is 5.32 Å². The Morgan fingerprint density at radius 1 is 1.02 bits per heavy atom. The number of methoxy groups -OCH3 is 1. The Bertz CT molecular complexity index is 1340. The van der Waals surface area contributed by atoms with E-state index in [0.29, 0.717) is 11.3 Å². The molecule has 41 heavy (non-hydrogen) atoms. The van der Waals surface area contributed by atoms with E-state index in [1.165, 1.54) is 26.2 Å². The number of ether oxygens (including phenoxy) is 3. The predicted octanol–water partition coefficient (Wildman–Crippen LogP) is 3.25. The van der Waals surface area contributed by atoms with Crippen LogP contribution < -0.4 is 10.1 Å². The van der Waals surface area contributed by atoms with Gasteiger partial charge in [-0.15, -0.1) is 0 Å². The van der Waals surface area contributed by atoms with Crippen LogP contribution in [0.2, 0.25) is 0 Å². The molecule has 1 amide bonds. The van der Waals surface area contributed by atoms with E-state index in [4.69, 9.17) is 23.9 Å². The standard InChI is InChI=1S/C27H34N4O9S/c1-17(2)25(30-31-28)26(33)29-24(27(34)37-5)14-20-8-10-21(11-9-20)38-15-22(40-19(4)32)16-39-41(35,36)23-12-6-18(3)7-13-23/h6-13,17,22,24-25H,14-16H2,1-5H3,(H,29,33)/t22-,24?,25-/m0/s1. The monoisotopic (exact) mass is 590 g/mol. The first-order chi connectivity index (χ1) is 19.4. The van der Waals surface area contributed by atoms with Gasteiger partial charge in [-0.05, 0) is 48.2 Å². The molecule has 0 aromatic heterocycles. The van der Waals surface area contributed by atoms with Crippen LogP contribution in [0.15, 0.2) is 58.5 Å². The lowest BCUT2D eigenvalue weighted by Crippen LogP contribution is -2.47. The van der Waals surface area contributed by atoms with Crippen molar-refractivity contribution < 1.29 is 41.2 Å². The van der Waals surface area contributed by atoms with Crippen molar-refractivity contribution in [3.8, 4) is 5.75 Å². The van der Waals surface area contributed by atoms with Gasteiger partial charge in [0.15, 0.2) is 6.10 Å². The van der Waals surface area contributed by atoms with Crippen LogP contribution in [0.5, 0.6) is 5.75 Å². The van der Waals surface area contributed by atoms with Crippen LogP contribution in [0.3, 0.4) is 0 Å². The fraction of sp³-hybridized carbons (Fsp3) is 0.444. The predicted molar refractivity (Wildman–Crippen MR) is 147 cm³/mol. The molecule has 0 bridgehead atoms. The van der Waals surface area contributed by atoms with Crippen LogP contribution in [0.25, 0.3) is 10.4 Å². The number of benzene rings is 2. The van der Waals surface area contributed by atoms with E-state index in [2.05, 4.69) is 15.3 Å². The summed E-state index contributed by atoms with van der Waals surface area (Å²) in [6, 6.07) is 10.6. The van der Waals surface area contributed by atoms with Gasteiger partial charge in [0.05, 0.1) is 12.0 Å². The fourth-order valence-corrected chi connectivity index (χ4v) is 4.51. The molecule has 0 heterocycles. The van der Waals surface area contributed by atoms with Gasteiger partial charge in [0, 0.05) is 18.3 Å². The maximum absolute atomic E-state index is 12.6. The number of rotatable bonds is 15. The maximum Gasteiger partial charge on any atom is 0.328 e. The Hall–Kier alpha value is -4.13. The summed E-state index contributed by atoms with van der Waals surface area (Å²) in [6.45, 7) is 5.78. The number of hydrogen-bond acceptors (Lipinski definition) is 10. The molecule has 222 valence electrons. The van der Waals surface area contributed by atoms with Crippen molar-refractivity contribution in [2.24, 2.45) is 11.0 Å². The number of carbonyl (C=O) groups excluding carboxylic acids is 3. The van der Waals surface area contributed by atoms with E-state index < -0.39 is 52.8 Å². The largest absolute Gasteiger partial charge is 0.490 e. The number of nitrogens with zero attached hydrogens (tertiary/aromatic N) is 3. The van der Waals surface area contributed by atoms with Crippen molar-refractivity contribution in [2.45, 2.75) is 57.2 Å². The van der Waals surface area contributed by atoms with Gasteiger partial charge in [-0.3, -0.25) is 13.8 Å². The topological polar surface area (TPSA) is 183 Å². The van der Waals surface area contributed by atoms with E-state index in [9.17, 15) is 22.8 Å². The Labute approximate surface area is 238 Å². The SMILES string of the molecule is COC(=O)C(Cc1ccc(OC[C@@H](COS(=O)(=O)c2ccc(C)cc2)OC(C)=O)cc1)NC(=O)[C@@H](N=[N+]=[N-])C(C)C. The summed E-state index contributed by atoms with van der Waals surface area (Å²) < 4.78 is 45.7. The van der Waals surface area contributed by atoms with Crippen LogP contribution in [0.4, 0.5) is 0 Å². The minimum Gasteiger partial charge on any atom is -0.490 e. The third-order valence-electron chi connectivity index (χ3n) is 5.73. The molecule has 0 saturated heterocycles. The van der Waals surface area contributed by atoms with Gasteiger partial charge in [-0.1, -0.05) is 48.8 Å². The molecule has 1 N–H and O–H groups in total. The molecule has 13 nitrogen and oxygen atoms in total. The van der Waals surface area contributed by atoms with Crippen LogP contribution in [0.1, 0.15) is 31.9 Å². The summed E-state index contributed by atoms with van der Waals surface area (Å²) in [6.07, 6.45) is -0.933. The quantitative estimate of drug-likeness (QED) is 0.107. The molecule has 14 heteroatoms. The summed E-state index contributed by atoms with van der Waals surface area (Å²) in [7, 11) is -2.88. The highest BCUT2D eigenvalue weighted by molar-refractivity contribution is 7.86. The third-order valence-corrected chi connectivity index (χ3v) is 7.02. The number of azide groups is 1. The second kappa shape index (κ2) is 15.6. The zero-order valence-electron chi connectivity index (χ0n) is 23.5. The first kappa shape index (κ1) is 33.1. The van der Waals surface area contributed by atoms with Crippen molar-refractivity contribution in [1.29, 1.82) is 0 Å². The molecular formula is C27H34N4O9S. The van der Waals surface area contributed by atoms with E-state index in [-0.39, 0.29) is 23.8 Å². The summed E-state index contributed by atoms with van der Waals surface area (Å²) in [5.41, 5.74) is 10.3. The lowest BCUT2D eigenvalue weighted by molar-refractivity contribution is -0.149. The fourth-order valence-electron chi connectivity index (χ4n) is 3.57. The van der Waals surface area contributed by atoms with Crippen molar-refractivity contribution in [3.05, 3.63) is 70.1 Å². The first-order valence-electron chi connectivity index (χ1n) is 12.6. The molecule has 2 rings (SSSR count). The Kier molecular flexibility index (Phi) is 12.6. The van der Waals surface area contributed by atoms with Crippen LogP contribution in [-0.2, 0) is 44.6 Å². The molecular weight excluding hydrogens is 556 g/mol. The molecule has 0 aliphatic carbocycles. The summed E-state index contributed by atoms with van der Waals surface area (Å²) in [5.74, 6) is -1.83. The highest BCUT2D eigenvalue weighted by atomic mass is 32.2. The molecule has 3 atom stereocenters. The number of carbonyl (C=O) groups is 3. The second-order valence-electron chi connectivity index (χ2n) is 9.42. The van der Waals surface area contributed by atoms with Crippen LogP contribution in [0, 0.1) is 12.8 Å². The minimum atomic E-state index is -4.08. The number of aryl methyl sites for hydroxylation is 1. The molecule has 0 aliphatic rings. The van der Waals surface area contributed by atoms with E-state index in [1.54, 1.807) is 50.2 Å². The molecule has 2 aromatic carbocycles. The minimum absolute atomic E-state index is 0.0276. The van der Waals surface area contributed by atoms with Gasteiger partial charge in [-0.25, -0.2) is 4.79 Å². The van der Waals surface area contributed by atoms with E-state index >= 15 is 0 Å². The lowest BCUT2D eigenvalue weighted by Gasteiger charge is -2.21. The highest BCUT2D eigenvalue weighted by Crippen LogP contribution is 2.17. The number of hydrogen-bond donors (Lipinski definition) is 1. The lowest BCUT2D eigenvalue weighted by atomic mass is 10.0. The Morgan fingerprint density at radius 2 is 1.66 bits per heavy atom. The van der Waals surface area contributed by atoms with Gasteiger partial charge in [0.1, 0.15) is 31.0 Å². The summed E-state index contributed by atoms with van der Waals surface area (Å²) >= 11 is 0. The zero-order valence-corrected chi connectivity index (χ0v) is 24.3. The second-order valence-corrected chi connectivity index (χ2v) is 11.0. The summed E-state index contributed by atoms with van der Waals surface area (Å²) in [4.78, 5) is 39.1. The highest BCUT2D eigenvalue weighted by Gasteiger charge is 2.28. The average Bonchev–Trinajstić information content (AvgIpc) is 2.92. The smallest absolute Gasteiger partial charge is 0.328 e. The van der Waals surface area contributed by atoms with Crippen molar-refractivity contribution in [3.63, 3.8) is 0 Å². The molecule has 0 fully saturated rings.